The van der Waals surface area contributed by atoms with Crippen LogP contribution >= 0.6 is 11.8 Å². The SMILES string of the molecule is C[C@@H]1Sc2ccc(C(=O)NCc3ccccc3Cn3cccn3)cc2NC1=O. The van der Waals surface area contributed by atoms with E-state index in [1.165, 1.54) is 11.8 Å². The minimum absolute atomic E-state index is 0.0393. The maximum Gasteiger partial charge on any atom is 0.251 e. The summed E-state index contributed by atoms with van der Waals surface area (Å²) in [5.74, 6) is -0.211. The van der Waals surface area contributed by atoms with E-state index in [2.05, 4.69) is 15.7 Å². The number of carbonyl (C=O) groups is 2. The van der Waals surface area contributed by atoms with Crippen LogP contribution in [0.3, 0.4) is 0 Å². The number of fused-ring (bicyclic) bond motifs is 1. The van der Waals surface area contributed by atoms with Crippen LogP contribution in [0.5, 0.6) is 0 Å². The van der Waals surface area contributed by atoms with Gasteiger partial charge in [0.25, 0.3) is 5.91 Å². The molecule has 0 unspecified atom stereocenters. The maximum atomic E-state index is 12.6. The van der Waals surface area contributed by atoms with Crippen LogP contribution in [0.15, 0.2) is 65.8 Å². The first-order valence-electron chi connectivity index (χ1n) is 9.04. The monoisotopic (exact) mass is 392 g/mol. The van der Waals surface area contributed by atoms with Crippen molar-refractivity contribution >= 4 is 29.3 Å². The van der Waals surface area contributed by atoms with E-state index >= 15 is 0 Å². The molecule has 2 amide bonds. The quantitative estimate of drug-likeness (QED) is 0.699. The molecule has 0 spiro atoms. The molecule has 1 aliphatic heterocycles. The highest BCUT2D eigenvalue weighted by molar-refractivity contribution is 8.00. The van der Waals surface area contributed by atoms with Crippen LogP contribution in [0.4, 0.5) is 5.69 Å². The third-order valence-electron chi connectivity index (χ3n) is 4.62. The lowest BCUT2D eigenvalue weighted by atomic mass is 10.1. The number of carbonyl (C=O) groups excluding carboxylic acids is 2. The van der Waals surface area contributed by atoms with Crippen molar-refractivity contribution in [1.82, 2.24) is 15.1 Å². The first-order chi connectivity index (χ1) is 13.6. The second-order valence-electron chi connectivity index (χ2n) is 6.62. The van der Waals surface area contributed by atoms with Gasteiger partial charge < -0.3 is 10.6 Å². The molecule has 0 saturated carbocycles. The van der Waals surface area contributed by atoms with Crippen LogP contribution in [0.1, 0.15) is 28.4 Å². The van der Waals surface area contributed by atoms with Gasteiger partial charge in [0.1, 0.15) is 0 Å². The Balaban J connectivity index is 1.45. The summed E-state index contributed by atoms with van der Waals surface area (Å²) in [5.41, 5.74) is 3.37. The van der Waals surface area contributed by atoms with Crippen molar-refractivity contribution in [1.29, 1.82) is 0 Å². The number of hydrogen-bond acceptors (Lipinski definition) is 4. The minimum Gasteiger partial charge on any atom is -0.348 e. The van der Waals surface area contributed by atoms with Gasteiger partial charge in [0.15, 0.2) is 0 Å². The molecule has 0 fully saturated rings. The molecule has 1 aromatic heterocycles. The van der Waals surface area contributed by atoms with Gasteiger partial charge in [-0.3, -0.25) is 14.3 Å². The summed E-state index contributed by atoms with van der Waals surface area (Å²) in [4.78, 5) is 25.5. The molecule has 6 nitrogen and oxygen atoms in total. The highest BCUT2D eigenvalue weighted by Gasteiger charge is 2.23. The lowest BCUT2D eigenvalue weighted by molar-refractivity contribution is -0.115. The number of anilines is 1. The van der Waals surface area contributed by atoms with E-state index in [0.29, 0.717) is 24.3 Å². The van der Waals surface area contributed by atoms with E-state index in [-0.39, 0.29) is 17.1 Å². The summed E-state index contributed by atoms with van der Waals surface area (Å²) in [7, 11) is 0. The summed E-state index contributed by atoms with van der Waals surface area (Å²) in [6.45, 7) is 2.94. The molecule has 28 heavy (non-hydrogen) atoms. The van der Waals surface area contributed by atoms with Gasteiger partial charge in [-0.25, -0.2) is 0 Å². The van der Waals surface area contributed by atoms with Crippen molar-refractivity contribution in [3.63, 3.8) is 0 Å². The molecule has 0 radical (unpaired) electrons. The fourth-order valence-corrected chi connectivity index (χ4v) is 4.01. The lowest BCUT2D eigenvalue weighted by Crippen LogP contribution is -2.27. The fourth-order valence-electron chi connectivity index (χ4n) is 3.08. The van der Waals surface area contributed by atoms with E-state index < -0.39 is 0 Å². The van der Waals surface area contributed by atoms with Crippen LogP contribution in [0.25, 0.3) is 0 Å². The highest BCUT2D eigenvalue weighted by Crippen LogP contribution is 2.35. The molecular formula is C21H20N4O2S. The topological polar surface area (TPSA) is 76.0 Å². The van der Waals surface area contributed by atoms with E-state index in [1.54, 1.807) is 18.3 Å². The van der Waals surface area contributed by atoms with E-state index in [1.807, 2.05) is 54.2 Å². The van der Waals surface area contributed by atoms with Gasteiger partial charge >= 0.3 is 0 Å². The van der Waals surface area contributed by atoms with E-state index in [9.17, 15) is 9.59 Å². The van der Waals surface area contributed by atoms with Gasteiger partial charge in [-0.05, 0) is 42.3 Å². The smallest absolute Gasteiger partial charge is 0.251 e. The van der Waals surface area contributed by atoms with Crippen LogP contribution < -0.4 is 10.6 Å². The largest absolute Gasteiger partial charge is 0.348 e. The van der Waals surface area contributed by atoms with Crippen molar-refractivity contribution in [2.24, 2.45) is 0 Å². The zero-order chi connectivity index (χ0) is 19.5. The number of benzene rings is 2. The average molecular weight is 392 g/mol. The molecule has 142 valence electrons. The van der Waals surface area contributed by atoms with Gasteiger partial charge in [0, 0.05) is 29.4 Å². The molecule has 0 bridgehead atoms. The zero-order valence-corrected chi connectivity index (χ0v) is 16.2. The van der Waals surface area contributed by atoms with Gasteiger partial charge in [-0.2, -0.15) is 5.10 Å². The maximum absolute atomic E-state index is 12.6. The number of nitrogens with one attached hydrogen (secondary N) is 2. The Bertz CT molecular complexity index is 1020. The van der Waals surface area contributed by atoms with Crippen LogP contribution in [0, 0.1) is 0 Å². The first kappa shape index (κ1) is 18.3. The Morgan fingerprint density at radius 2 is 2.04 bits per heavy atom. The van der Waals surface area contributed by atoms with E-state index in [0.717, 1.165) is 16.0 Å². The molecule has 7 heteroatoms. The first-order valence-corrected chi connectivity index (χ1v) is 9.92. The highest BCUT2D eigenvalue weighted by atomic mass is 32.2. The van der Waals surface area contributed by atoms with Crippen molar-refractivity contribution in [3.05, 3.63) is 77.6 Å². The molecule has 1 atom stereocenters. The molecule has 2 N–H and O–H groups in total. The van der Waals surface area contributed by atoms with Gasteiger partial charge in [-0.15, -0.1) is 11.8 Å². The standard InChI is InChI=1S/C21H20N4O2S/c1-14-20(26)24-18-11-15(7-8-19(18)28-14)21(27)22-12-16-5-2-3-6-17(16)13-25-10-4-9-23-25/h2-11,14H,12-13H2,1H3,(H,22,27)(H,24,26)/t14-/m0/s1. The van der Waals surface area contributed by atoms with Gasteiger partial charge in [-0.1, -0.05) is 24.3 Å². The minimum atomic E-state index is -0.172. The number of thioether (sulfide) groups is 1. The lowest BCUT2D eigenvalue weighted by Gasteiger charge is -2.21. The second kappa shape index (κ2) is 7.90. The number of nitrogens with zero attached hydrogens (tertiary/aromatic N) is 2. The predicted octanol–water partition coefficient (Wildman–Crippen LogP) is 3.29. The predicted molar refractivity (Wildman–Crippen MR) is 109 cm³/mol. The van der Waals surface area contributed by atoms with Crippen LogP contribution in [-0.2, 0) is 17.9 Å². The average Bonchev–Trinajstić information content (AvgIpc) is 3.21. The molecular weight excluding hydrogens is 372 g/mol. The Kier molecular flexibility index (Phi) is 5.16. The number of rotatable bonds is 5. The molecule has 4 rings (SSSR count). The summed E-state index contributed by atoms with van der Waals surface area (Å²) in [6.07, 6.45) is 3.66. The number of aromatic nitrogens is 2. The normalized spacial score (nSPS) is 15.6. The van der Waals surface area contributed by atoms with Crippen molar-refractivity contribution in [2.75, 3.05) is 5.32 Å². The Hall–Kier alpha value is -3.06. The molecule has 0 saturated heterocycles. The molecule has 2 heterocycles. The number of hydrogen-bond donors (Lipinski definition) is 2. The molecule has 2 aromatic carbocycles. The third-order valence-corrected chi connectivity index (χ3v) is 5.80. The molecule has 0 aliphatic carbocycles. The molecule has 3 aromatic rings. The summed E-state index contributed by atoms with van der Waals surface area (Å²) in [5, 5.41) is 9.95. The second-order valence-corrected chi connectivity index (χ2v) is 8.00. The summed E-state index contributed by atoms with van der Waals surface area (Å²) in [6, 6.07) is 15.3. The van der Waals surface area contributed by atoms with Gasteiger partial charge in [0.05, 0.1) is 17.5 Å². The summed E-state index contributed by atoms with van der Waals surface area (Å²) < 4.78 is 1.85. The fraction of sp³-hybridized carbons (Fsp3) is 0.190. The van der Waals surface area contributed by atoms with Crippen molar-refractivity contribution in [3.8, 4) is 0 Å². The van der Waals surface area contributed by atoms with Crippen molar-refractivity contribution < 1.29 is 9.59 Å². The van der Waals surface area contributed by atoms with E-state index in [4.69, 9.17) is 0 Å². The Morgan fingerprint density at radius 3 is 2.82 bits per heavy atom. The Morgan fingerprint density at radius 1 is 1.21 bits per heavy atom. The van der Waals surface area contributed by atoms with Crippen LogP contribution in [-0.4, -0.2) is 26.8 Å². The Labute approximate surface area is 167 Å². The van der Waals surface area contributed by atoms with Crippen molar-refractivity contribution in [2.45, 2.75) is 30.2 Å². The zero-order valence-electron chi connectivity index (χ0n) is 15.4. The van der Waals surface area contributed by atoms with Crippen LogP contribution in [0.2, 0.25) is 0 Å². The third kappa shape index (κ3) is 3.94. The number of amides is 2. The summed E-state index contributed by atoms with van der Waals surface area (Å²) >= 11 is 1.50. The van der Waals surface area contributed by atoms with Gasteiger partial charge in [0.2, 0.25) is 5.91 Å². The molecule has 1 aliphatic rings.